The first kappa shape index (κ1) is 24.7. The first-order chi connectivity index (χ1) is 18.7. The smallest absolute Gasteiger partial charge is 0.124 e. The molecule has 1 aliphatic heterocycles. The topological polar surface area (TPSA) is 56.5 Å². The van der Waals surface area contributed by atoms with Gasteiger partial charge in [-0.05, 0) is 30.9 Å². The molecule has 2 aromatic heterocycles. The summed E-state index contributed by atoms with van der Waals surface area (Å²) >= 11 is 0. The number of fused-ring (bicyclic) bond motifs is 3. The zero-order valence-electron chi connectivity index (χ0n) is 22.6. The van der Waals surface area contributed by atoms with Gasteiger partial charge < -0.3 is 9.97 Å². The van der Waals surface area contributed by atoms with E-state index in [0.717, 1.165) is 47.6 Å². The Hall–Kier alpha value is -3.63. The summed E-state index contributed by atoms with van der Waals surface area (Å²) in [7, 11) is 0. The van der Waals surface area contributed by atoms with E-state index in [0.29, 0.717) is 0 Å². The molecule has 3 heterocycles. The largest absolute Gasteiger partial charge is 0.357 e. The van der Waals surface area contributed by atoms with Crippen molar-refractivity contribution in [2.75, 3.05) is 0 Å². The van der Waals surface area contributed by atoms with Gasteiger partial charge in [-0.25, -0.2) is 4.98 Å². The number of aromatic amines is 2. The quantitative estimate of drug-likeness (QED) is 0.189. The number of nitrogens with one attached hydrogen (secondary N) is 3. The second-order valence-corrected chi connectivity index (χ2v) is 10.8. The van der Waals surface area contributed by atoms with Crippen molar-refractivity contribution < 1.29 is 0 Å². The third kappa shape index (κ3) is 4.48. The summed E-state index contributed by atoms with van der Waals surface area (Å²) in [6.45, 7) is 4.59. The summed E-state index contributed by atoms with van der Waals surface area (Å²) in [5, 5.41) is 5.54. The number of para-hydroxylation sites is 1. The minimum atomic E-state index is -0.0874. The number of nitrogens with zero attached hydrogens (tertiary/aromatic N) is 1. The standard InChI is InChI=1S/C34H38N4/c1-3-5-21-34(22-6-4-2)32-27(26-19-13-14-20-28(26)35-32)23-29(38-34)33-36-30(24-15-9-7-10-16-24)31(37-33)25-17-11-8-12-18-25/h7-20,29,35,38H,3-6,21-23H2,1-2H3,(H,36,37)/t29-/m0/s1. The maximum absolute atomic E-state index is 5.32. The molecule has 0 saturated carbocycles. The van der Waals surface area contributed by atoms with Crippen molar-refractivity contribution in [3.05, 3.63) is 102 Å². The fraction of sp³-hybridized carbons (Fsp3) is 0.324. The second-order valence-electron chi connectivity index (χ2n) is 10.8. The van der Waals surface area contributed by atoms with E-state index in [1.54, 1.807) is 0 Å². The van der Waals surface area contributed by atoms with Gasteiger partial charge >= 0.3 is 0 Å². The summed E-state index contributed by atoms with van der Waals surface area (Å²) in [5.74, 6) is 1.02. The molecule has 4 heteroatoms. The van der Waals surface area contributed by atoms with Gasteiger partial charge in [-0.3, -0.25) is 5.32 Å². The van der Waals surface area contributed by atoms with Crippen LogP contribution in [0, 0.1) is 0 Å². The number of benzene rings is 3. The van der Waals surface area contributed by atoms with Gasteiger partial charge in [0.1, 0.15) is 5.82 Å². The van der Waals surface area contributed by atoms with Crippen LogP contribution in [-0.4, -0.2) is 15.0 Å². The SMILES string of the molecule is CCCCC1(CCCC)N[C@H](c2nc(-c3ccccc3)c(-c3ccccc3)[nH]2)Cc2c1[nH]c1ccccc21. The molecule has 0 radical (unpaired) electrons. The van der Waals surface area contributed by atoms with E-state index in [2.05, 4.69) is 114 Å². The fourth-order valence-corrected chi connectivity index (χ4v) is 6.30. The zero-order chi connectivity index (χ0) is 26.0. The van der Waals surface area contributed by atoms with Gasteiger partial charge in [0.15, 0.2) is 0 Å². The molecule has 0 amide bonds. The number of hydrogen-bond donors (Lipinski definition) is 3. The van der Waals surface area contributed by atoms with E-state index in [4.69, 9.17) is 4.98 Å². The Morgan fingerprint density at radius 2 is 1.39 bits per heavy atom. The molecular formula is C34H38N4. The van der Waals surface area contributed by atoms with Crippen LogP contribution >= 0.6 is 0 Å². The molecule has 6 rings (SSSR count). The van der Waals surface area contributed by atoms with Crippen molar-refractivity contribution in [3.63, 3.8) is 0 Å². The normalized spacial score (nSPS) is 16.5. The molecule has 38 heavy (non-hydrogen) atoms. The Balaban J connectivity index is 1.50. The van der Waals surface area contributed by atoms with Gasteiger partial charge in [-0.15, -0.1) is 0 Å². The Kier molecular flexibility index (Phi) is 6.90. The second kappa shape index (κ2) is 10.6. The van der Waals surface area contributed by atoms with Crippen molar-refractivity contribution in [3.8, 4) is 22.5 Å². The number of H-pyrrole nitrogens is 2. The molecule has 0 saturated heterocycles. The van der Waals surface area contributed by atoms with E-state index < -0.39 is 0 Å². The molecule has 0 fully saturated rings. The first-order valence-electron chi connectivity index (χ1n) is 14.3. The number of rotatable bonds is 9. The minimum Gasteiger partial charge on any atom is -0.357 e. The highest BCUT2D eigenvalue weighted by Crippen LogP contribution is 2.45. The predicted octanol–water partition coefficient (Wildman–Crippen LogP) is 8.69. The van der Waals surface area contributed by atoms with E-state index in [1.165, 1.54) is 47.8 Å². The molecule has 0 spiro atoms. The number of aromatic nitrogens is 3. The van der Waals surface area contributed by atoms with Gasteiger partial charge in [0.25, 0.3) is 0 Å². The van der Waals surface area contributed by atoms with E-state index in [1.807, 2.05) is 0 Å². The van der Waals surface area contributed by atoms with E-state index >= 15 is 0 Å². The number of unbranched alkanes of at least 4 members (excludes halogenated alkanes) is 2. The molecule has 3 aromatic carbocycles. The van der Waals surface area contributed by atoms with Crippen LogP contribution < -0.4 is 5.32 Å². The predicted molar refractivity (Wildman–Crippen MR) is 158 cm³/mol. The monoisotopic (exact) mass is 502 g/mol. The lowest BCUT2D eigenvalue weighted by Crippen LogP contribution is -2.49. The molecule has 5 aromatic rings. The highest BCUT2D eigenvalue weighted by molar-refractivity contribution is 5.85. The van der Waals surface area contributed by atoms with Crippen molar-refractivity contribution in [1.29, 1.82) is 0 Å². The van der Waals surface area contributed by atoms with Crippen LogP contribution in [0.1, 0.15) is 75.5 Å². The Morgan fingerprint density at radius 1 is 0.763 bits per heavy atom. The molecule has 0 unspecified atom stereocenters. The van der Waals surface area contributed by atoms with Crippen LogP contribution in [-0.2, 0) is 12.0 Å². The highest BCUT2D eigenvalue weighted by Gasteiger charge is 2.42. The third-order valence-electron chi connectivity index (χ3n) is 8.23. The van der Waals surface area contributed by atoms with Crippen molar-refractivity contribution >= 4 is 10.9 Å². The molecule has 0 aliphatic carbocycles. The Labute approximate surface area is 225 Å². The van der Waals surface area contributed by atoms with Crippen molar-refractivity contribution in [2.24, 2.45) is 0 Å². The van der Waals surface area contributed by atoms with E-state index in [-0.39, 0.29) is 11.6 Å². The van der Waals surface area contributed by atoms with Gasteiger partial charge in [-0.1, -0.05) is 118 Å². The van der Waals surface area contributed by atoms with Gasteiger partial charge in [0.05, 0.1) is 23.0 Å². The van der Waals surface area contributed by atoms with Crippen LogP contribution in [0.2, 0.25) is 0 Å². The summed E-state index contributed by atoms with van der Waals surface area (Å²) in [4.78, 5) is 13.0. The highest BCUT2D eigenvalue weighted by atomic mass is 15.1. The first-order valence-corrected chi connectivity index (χ1v) is 14.3. The van der Waals surface area contributed by atoms with Crippen LogP contribution in [0.3, 0.4) is 0 Å². The number of hydrogen-bond acceptors (Lipinski definition) is 2. The lowest BCUT2D eigenvalue weighted by molar-refractivity contribution is 0.211. The maximum atomic E-state index is 5.32. The third-order valence-corrected chi connectivity index (χ3v) is 8.23. The average molecular weight is 503 g/mol. The molecular weight excluding hydrogens is 464 g/mol. The van der Waals surface area contributed by atoms with Crippen molar-refractivity contribution in [1.82, 2.24) is 20.3 Å². The molecule has 1 atom stereocenters. The summed E-state index contributed by atoms with van der Waals surface area (Å²) in [6.07, 6.45) is 7.92. The molecule has 1 aliphatic rings. The lowest BCUT2D eigenvalue weighted by Gasteiger charge is -2.42. The maximum Gasteiger partial charge on any atom is 0.124 e. The molecule has 4 nitrogen and oxygen atoms in total. The van der Waals surface area contributed by atoms with Crippen LogP contribution in [0.5, 0.6) is 0 Å². The Morgan fingerprint density at radius 3 is 2.08 bits per heavy atom. The van der Waals surface area contributed by atoms with Crippen LogP contribution in [0.15, 0.2) is 84.9 Å². The minimum absolute atomic E-state index is 0.0874. The van der Waals surface area contributed by atoms with Gasteiger partial charge in [0, 0.05) is 27.7 Å². The molecule has 3 N–H and O–H groups in total. The summed E-state index contributed by atoms with van der Waals surface area (Å²) in [6, 6.07) is 30.1. The van der Waals surface area contributed by atoms with Crippen molar-refractivity contribution in [2.45, 2.75) is 70.4 Å². The average Bonchev–Trinajstić information content (AvgIpc) is 3.59. The number of imidazole rings is 1. The Bertz CT molecular complexity index is 1430. The lowest BCUT2D eigenvalue weighted by atomic mass is 9.77. The van der Waals surface area contributed by atoms with E-state index in [9.17, 15) is 0 Å². The van der Waals surface area contributed by atoms with Gasteiger partial charge in [0.2, 0.25) is 0 Å². The summed E-state index contributed by atoms with van der Waals surface area (Å²) in [5.41, 5.74) is 8.42. The summed E-state index contributed by atoms with van der Waals surface area (Å²) < 4.78 is 0. The molecule has 0 bridgehead atoms. The van der Waals surface area contributed by atoms with Gasteiger partial charge in [-0.2, -0.15) is 0 Å². The molecule has 194 valence electrons. The zero-order valence-corrected chi connectivity index (χ0v) is 22.6. The fourth-order valence-electron chi connectivity index (χ4n) is 6.30. The van der Waals surface area contributed by atoms with Crippen LogP contribution in [0.4, 0.5) is 0 Å². The van der Waals surface area contributed by atoms with Crippen LogP contribution in [0.25, 0.3) is 33.4 Å².